The first kappa shape index (κ1) is 26.2. The van der Waals surface area contributed by atoms with Crippen molar-refractivity contribution in [2.75, 3.05) is 12.5 Å². The van der Waals surface area contributed by atoms with E-state index in [-0.39, 0.29) is 11.4 Å². The number of amides is 2. The van der Waals surface area contributed by atoms with Crippen LogP contribution in [-0.2, 0) is 6.54 Å². The van der Waals surface area contributed by atoms with Gasteiger partial charge in [-0.1, -0.05) is 19.1 Å². The van der Waals surface area contributed by atoms with Crippen LogP contribution in [0.4, 0.5) is 13.2 Å². The van der Waals surface area contributed by atoms with Gasteiger partial charge >= 0.3 is 0 Å². The van der Waals surface area contributed by atoms with E-state index in [0.717, 1.165) is 11.8 Å². The minimum absolute atomic E-state index is 0.000787. The number of methoxy groups -OCH3 is 1. The molecule has 8 nitrogen and oxygen atoms in total. The number of halogens is 3. The quantitative estimate of drug-likeness (QED) is 0.454. The summed E-state index contributed by atoms with van der Waals surface area (Å²) in [5, 5.41) is 2.26. The monoisotopic (exact) mass is 478 g/mol. The van der Waals surface area contributed by atoms with Crippen molar-refractivity contribution in [3.05, 3.63) is 87.6 Å². The van der Waals surface area contributed by atoms with Crippen molar-refractivity contribution in [2.24, 2.45) is 5.73 Å². The molecule has 0 saturated carbocycles. The van der Waals surface area contributed by atoms with Gasteiger partial charge in [-0.3, -0.25) is 19.1 Å². The lowest BCUT2D eigenvalue weighted by Crippen LogP contribution is -2.40. The zero-order valence-corrected chi connectivity index (χ0v) is 18.9. The van der Waals surface area contributed by atoms with E-state index < -0.39 is 70.1 Å². The molecule has 0 saturated heterocycles. The van der Waals surface area contributed by atoms with Gasteiger partial charge in [0, 0.05) is 30.2 Å². The Labute approximate surface area is 193 Å². The van der Waals surface area contributed by atoms with E-state index in [9.17, 15) is 27.6 Å². The van der Waals surface area contributed by atoms with Crippen LogP contribution in [0.5, 0.6) is 5.75 Å². The molecule has 1 heterocycles. The molecule has 1 aromatic carbocycles. The van der Waals surface area contributed by atoms with Crippen molar-refractivity contribution < 1.29 is 27.5 Å². The molecule has 34 heavy (non-hydrogen) atoms. The van der Waals surface area contributed by atoms with Crippen LogP contribution >= 0.6 is 0 Å². The minimum Gasteiger partial charge on any atom is -0.491 e. The van der Waals surface area contributed by atoms with Crippen molar-refractivity contribution in [3.8, 4) is 5.75 Å². The van der Waals surface area contributed by atoms with Crippen LogP contribution in [0.25, 0.3) is 0 Å². The number of nitrogens with zero attached hydrogens (tertiary/aromatic N) is 1. The molecule has 2 rings (SSSR count). The van der Waals surface area contributed by atoms with Crippen molar-refractivity contribution in [1.82, 2.24) is 9.99 Å². The molecule has 2 amide bonds. The summed E-state index contributed by atoms with van der Waals surface area (Å²) in [5.74, 6) is -6.77. The van der Waals surface area contributed by atoms with Crippen LogP contribution in [0, 0.1) is 17.5 Å². The Kier molecular flexibility index (Phi) is 8.28. The Morgan fingerprint density at radius 3 is 2.24 bits per heavy atom. The summed E-state index contributed by atoms with van der Waals surface area (Å²) in [5.41, 5.74) is 6.02. The highest BCUT2D eigenvalue weighted by Gasteiger charge is 2.31. The second kappa shape index (κ2) is 10.7. The van der Waals surface area contributed by atoms with E-state index >= 15 is 0 Å². The molecular formula is C23H25F3N4O4. The van der Waals surface area contributed by atoms with Crippen LogP contribution < -0.4 is 26.6 Å². The lowest BCUT2D eigenvalue weighted by Gasteiger charge is -2.27. The summed E-state index contributed by atoms with van der Waals surface area (Å²) in [6.45, 7) is 9.92. The van der Waals surface area contributed by atoms with Gasteiger partial charge in [0.15, 0.2) is 11.4 Å². The number of pyridine rings is 1. The Hall–Kier alpha value is -4.02. The number of carbonyl (C=O) groups excluding carboxylic acids is 2. The molecule has 0 radical (unpaired) electrons. The smallest absolute Gasteiger partial charge is 0.271 e. The predicted molar refractivity (Wildman–Crippen MR) is 121 cm³/mol. The summed E-state index contributed by atoms with van der Waals surface area (Å²) in [4.78, 5) is 38.6. The molecule has 4 N–H and O–H groups in total. The van der Waals surface area contributed by atoms with Crippen LogP contribution in [-0.4, -0.2) is 29.6 Å². The van der Waals surface area contributed by atoms with E-state index in [1.165, 1.54) is 12.2 Å². The molecule has 2 atom stereocenters. The molecule has 0 aliphatic rings. The number of primary amides is 1. The van der Waals surface area contributed by atoms with E-state index in [0.29, 0.717) is 12.1 Å². The fourth-order valence-electron chi connectivity index (χ4n) is 3.23. The van der Waals surface area contributed by atoms with Crippen LogP contribution in [0.1, 0.15) is 51.9 Å². The van der Waals surface area contributed by atoms with Crippen LogP contribution in [0.2, 0.25) is 0 Å². The van der Waals surface area contributed by atoms with Gasteiger partial charge in [-0.15, -0.1) is 13.2 Å². The van der Waals surface area contributed by atoms with Crippen molar-refractivity contribution in [1.29, 1.82) is 0 Å². The molecule has 0 fully saturated rings. The fraction of sp³-hybridized carbons (Fsp3) is 0.261. The first-order valence-corrected chi connectivity index (χ1v) is 10.1. The maximum absolute atomic E-state index is 14.0. The van der Waals surface area contributed by atoms with E-state index in [2.05, 4.69) is 23.9 Å². The van der Waals surface area contributed by atoms with Crippen molar-refractivity contribution in [3.63, 3.8) is 0 Å². The number of rotatable bonds is 10. The number of carbonyl (C=O) groups is 2. The molecule has 1 aromatic heterocycles. The third-order valence-electron chi connectivity index (χ3n) is 5.04. The maximum Gasteiger partial charge on any atom is 0.271 e. The van der Waals surface area contributed by atoms with E-state index in [1.807, 2.05) is 0 Å². The summed E-state index contributed by atoms with van der Waals surface area (Å²) in [6, 6.07) is 0.474. The van der Waals surface area contributed by atoms with Gasteiger partial charge in [0.05, 0.1) is 18.8 Å². The molecule has 11 heteroatoms. The fourth-order valence-corrected chi connectivity index (χ4v) is 3.23. The standard InChI is InChI=1S/C23H25F3N4O4/c1-6-11(3)18-17(23(33)28-10-14-15(25)8-13(24)9-16(14)26)20(31)21(34-5)19(22(27)32)30(18)29-12(4)7-2/h6-9,11-12,29H,1-2,10H2,3-5H3,(H2,27,32)(H,28,33)/t11-,12+/m0/s1. The number of nitrogens with two attached hydrogens (primary N) is 1. The minimum atomic E-state index is -1.21. The van der Waals surface area contributed by atoms with Gasteiger partial charge in [-0.25, -0.2) is 13.2 Å². The highest BCUT2D eigenvalue weighted by Crippen LogP contribution is 2.25. The zero-order chi connectivity index (χ0) is 25.7. The van der Waals surface area contributed by atoms with Gasteiger partial charge in [0.25, 0.3) is 11.8 Å². The van der Waals surface area contributed by atoms with Gasteiger partial charge in [0.1, 0.15) is 23.0 Å². The average molecular weight is 478 g/mol. The summed E-state index contributed by atoms with van der Waals surface area (Å²) >= 11 is 0. The normalized spacial score (nSPS) is 12.4. The van der Waals surface area contributed by atoms with Gasteiger partial charge < -0.3 is 21.2 Å². The molecule has 0 aliphatic heterocycles. The summed E-state index contributed by atoms with van der Waals surface area (Å²) in [7, 11) is 1.12. The average Bonchev–Trinajstić information content (AvgIpc) is 2.77. The molecular weight excluding hydrogens is 453 g/mol. The number of benzene rings is 1. The number of aromatic nitrogens is 1. The molecule has 0 spiro atoms. The lowest BCUT2D eigenvalue weighted by atomic mass is 9.99. The molecule has 2 aromatic rings. The first-order valence-electron chi connectivity index (χ1n) is 10.1. The highest BCUT2D eigenvalue weighted by molar-refractivity contribution is 5.99. The van der Waals surface area contributed by atoms with Crippen LogP contribution in [0.15, 0.2) is 42.2 Å². The Balaban J connectivity index is 2.75. The third kappa shape index (κ3) is 5.13. The summed E-state index contributed by atoms with van der Waals surface area (Å²) < 4.78 is 47.5. The third-order valence-corrected chi connectivity index (χ3v) is 5.04. The lowest BCUT2D eigenvalue weighted by molar-refractivity contribution is 0.0940. The SMILES string of the molecule is C=C[C@@H](C)Nn1c(C(N)=O)c(OC)c(=O)c(C(=O)NCc2c(F)cc(F)cc2F)c1[C@@H](C)C=C. The Morgan fingerprint density at radius 1 is 1.18 bits per heavy atom. The second-order valence-electron chi connectivity index (χ2n) is 7.38. The van der Waals surface area contributed by atoms with Crippen LogP contribution in [0.3, 0.4) is 0 Å². The Morgan fingerprint density at radius 2 is 1.76 bits per heavy atom. The number of ether oxygens (including phenoxy) is 1. The second-order valence-corrected chi connectivity index (χ2v) is 7.38. The van der Waals surface area contributed by atoms with Gasteiger partial charge in [0.2, 0.25) is 5.43 Å². The molecule has 0 unspecified atom stereocenters. The number of allylic oxidation sites excluding steroid dienone is 1. The summed E-state index contributed by atoms with van der Waals surface area (Å²) in [6.07, 6.45) is 2.91. The van der Waals surface area contributed by atoms with Gasteiger partial charge in [-0.2, -0.15) is 0 Å². The topological polar surface area (TPSA) is 115 Å². The van der Waals surface area contributed by atoms with E-state index in [1.54, 1.807) is 13.8 Å². The number of hydrogen-bond donors (Lipinski definition) is 3. The Bertz CT molecular complexity index is 1190. The molecule has 0 bridgehead atoms. The number of hydrogen-bond acceptors (Lipinski definition) is 5. The molecule has 0 aliphatic carbocycles. The van der Waals surface area contributed by atoms with Crippen molar-refractivity contribution >= 4 is 11.8 Å². The maximum atomic E-state index is 14.0. The predicted octanol–water partition coefficient (Wildman–Crippen LogP) is 2.71. The largest absolute Gasteiger partial charge is 0.491 e. The van der Waals surface area contributed by atoms with Crippen molar-refractivity contribution in [2.45, 2.75) is 32.4 Å². The first-order chi connectivity index (χ1) is 16.0. The van der Waals surface area contributed by atoms with E-state index in [4.69, 9.17) is 10.5 Å². The number of nitrogens with one attached hydrogen (secondary N) is 2. The molecule has 182 valence electrons. The highest BCUT2D eigenvalue weighted by atomic mass is 19.1. The van der Waals surface area contributed by atoms with Gasteiger partial charge in [-0.05, 0) is 6.92 Å². The zero-order valence-electron chi connectivity index (χ0n) is 18.9.